The van der Waals surface area contributed by atoms with Crippen molar-refractivity contribution < 1.29 is 14.7 Å². The molecule has 2 rings (SSSR count). The van der Waals surface area contributed by atoms with Crippen LogP contribution in [0.5, 0.6) is 0 Å². The van der Waals surface area contributed by atoms with Crippen LogP contribution in [0.3, 0.4) is 0 Å². The summed E-state index contributed by atoms with van der Waals surface area (Å²) in [5, 5.41) is 17.6. The van der Waals surface area contributed by atoms with Crippen molar-refractivity contribution in [3.8, 4) is 0 Å². The summed E-state index contributed by atoms with van der Waals surface area (Å²) in [7, 11) is 5.76. The SMILES string of the molecule is CNCCN(CC(=O)O)C(=O)Cn1cnc2c(NP)nc(NC)nc21. The summed E-state index contributed by atoms with van der Waals surface area (Å²) in [6.45, 7) is 0.368. The van der Waals surface area contributed by atoms with Crippen LogP contribution in [0.4, 0.5) is 11.8 Å². The molecule has 0 aliphatic carbocycles. The number of nitrogens with zero attached hydrogens (tertiary/aromatic N) is 5. The zero-order valence-corrected chi connectivity index (χ0v) is 15.1. The molecule has 0 aliphatic heterocycles. The molecule has 0 saturated heterocycles. The Hall–Kier alpha value is -2.52. The fraction of sp³-hybridized carbons (Fsp3) is 0.462. The Morgan fingerprint density at radius 3 is 2.72 bits per heavy atom. The molecular weight excluding hydrogens is 347 g/mol. The second-order valence-electron chi connectivity index (χ2n) is 5.15. The molecule has 0 saturated carbocycles. The van der Waals surface area contributed by atoms with Crippen LogP contribution in [-0.2, 0) is 16.1 Å². The number of carboxylic acids is 1. The van der Waals surface area contributed by atoms with Crippen LogP contribution < -0.4 is 15.7 Å². The van der Waals surface area contributed by atoms with Gasteiger partial charge in [0.25, 0.3) is 0 Å². The molecule has 0 radical (unpaired) electrons. The summed E-state index contributed by atoms with van der Waals surface area (Å²) in [5.74, 6) is -0.511. The third-order valence-electron chi connectivity index (χ3n) is 3.44. The number of rotatable bonds is 9. The Kier molecular flexibility index (Phi) is 6.43. The van der Waals surface area contributed by atoms with Crippen LogP contribution in [0, 0.1) is 0 Å². The van der Waals surface area contributed by atoms with Gasteiger partial charge in [-0.1, -0.05) is 0 Å². The van der Waals surface area contributed by atoms with E-state index in [1.54, 1.807) is 18.7 Å². The molecule has 11 nitrogen and oxygen atoms in total. The average molecular weight is 368 g/mol. The van der Waals surface area contributed by atoms with E-state index in [0.29, 0.717) is 36.0 Å². The van der Waals surface area contributed by atoms with Crippen molar-refractivity contribution in [2.75, 3.05) is 44.1 Å². The number of hydrogen-bond donors (Lipinski definition) is 4. The van der Waals surface area contributed by atoms with Gasteiger partial charge in [0.1, 0.15) is 13.1 Å². The molecule has 0 bridgehead atoms. The van der Waals surface area contributed by atoms with E-state index in [1.165, 1.54) is 11.2 Å². The number of carbonyl (C=O) groups excluding carboxylic acids is 1. The van der Waals surface area contributed by atoms with Gasteiger partial charge < -0.3 is 30.3 Å². The lowest BCUT2D eigenvalue weighted by Gasteiger charge is -2.20. The molecule has 12 heteroatoms. The lowest BCUT2D eigenvalue weighted by atomic mass is 10.4. The lowest BCUT2D eigenvalue weighted by molar-refractivity contribution is -0.144. The van der Waals surface area contributed by atoms with E-state index in [0.717, 1.165) is 0 Å². The Balaban J connectivity index is 2.28. The molecule has 0 aromatic carbocycles. The molecular formula is C13H21N8O3P. The van der Waals surface area contributed by atoms with E-state index in [2.05, 4.69) is 40.1 Å². The molecule has 4 N–H and O–H groups in total. The van der Waals surface area contributed by atoms with Crippen LogP contribution in [-0.4, -0.2) is 75.1 Å². The standard InChI is InChI=1S/C13H21N8O3P/c1-14-3-4-20(6-9(23)24)8(22)5-21-7-16-10-11(19-25)17-13(15-2)18-12(10)21/h7,14H,3-6,25H2,1-2H3,(H,23,24)(H2,15,17,18,19). The van der Waals surface area contributed by atoms with Crippen LogP contribution in [0.25, 0.3) is 11.2 Å². The molecule has 1 amide bonds. The minimum absolute atomic E-state index is 0.0655. The van der Waals surface area contributed by atoms with Gasteiger partial charge in [-0.05, 0) is 16.4 Å². The number of likely N-dealkylation sites (N-methyl/N-ethyl adjacent to an activating group) is 1. The summed E-state index contributed by atoms with van der Waals surface area (Å²) in [6, 6.07) is 0. The van der Waals surface area contributed by atoms with E-state index < -0.39 is 5.97 Å². The number of nitrogens with one attached hydrogen (secondary N) is 3. The largest absolute Gasteiger partial charge is 0.480 e. The lowest BCUT2D eigenvalue weighted by Crippen LogP contribution is -2.41. The van der Waals surface area contributed by atoms with Gasteiger partial charge in [0.05, 0.1) is 6.33 Å². The second-order valence-corrected chi connectivity index (χ2v) is 5.44. The van der Waals surface area contributed by atoms with Gasteiger partial charge in [-0.2, -0.15) is 9.97 Å². The fourth-order valence-corrected chi connectivity index (χ4v) is 2.42. The Bertz CT molecular complexity index is 765. The van der Waals surface area contributed by atoms with Crippen molar-refractivity contribution in [1.29, 1.82) is 0 Å². The maximum absolute atomic E-state index is 12.5. The Labute approximate surface area is 146 Å². The van der Waals surface area contributed by atoms with Crippen molar-refractivity contribution in [3.05, 3.63) is 6.33 Å². The Morgan fingerprint density at radius 1 is 1.36 bits per heavy atom. The van der Waals surface area contributed by atoms with E-state index in [1.807, 2.05) is 0 Å². The highest BCUT2D eigenvalue weighted by Gasteiger charge is 2.19. The number of aliphatic carboxylic acids is 1. The molecule has 2 aromatic heterocycles. The van der Waals surface area contributed by atoms with Gasteiger partial charge >= 0.3 is 5.97 Å². The Morgan fingerprint density at radius 2 is 2.12 bits per heavy atom. The number of imidazole rings is 1. The quantitative estimate of drug-likeness (QED) is 0.419. The first kappa shape index (κ1) is 18.8. The van der Waals surface area contributed by atoms with Crippen molar-refractivity contribution in [2.45, 2.75) is 6.54 Å². The molecule has 2 heterocycles. The van der Waals surface area contributed by atoms with Crippen LogP contribution in [0.15, 0.2) is 6.33 Å². The van der Waals surface area contributed by atoms with Gasteiger partial charge in [-0.25, -0.2) is 4.98 Å². The highest BCUT2D eigenvalue weighted by atomic mass is 31.0. The highest BCUT2D eigenvalue weighted by molar-refractivity contribution is 7.18. The summed E-state index contributed by atoms with van der Waals surface area (Å²) in [6.07, 6.45) is 1.49. The normalized spacial score (nSPS) is 10.7. The average Bonchev–Trinajstić information content (AvgIpc) is 3.00. The topological polar surface area (TPSA) is 137 Å². The molecule has 1 unspecified atom stereocenters. The first-order chi connectivity index (χ1) is 12.0. The number of anilines is 2. The maximum atomic E-state index is 12.5. The second kappa shape index (κ2) is 8.54. The van der Waals surface area contributed by atoms with Crippen molar-refractivity contribution in [2.24, 2.45) is 0 Å². The van der Waals surface area contributed by atoms with Crippen molar-refractivity contribution in [1.82, 2.24) is 29.7 Å². The van der Waals surface area contributed by atoms with E-state index in [-0.39, 0.29) is 19.0 Å². The molecule has 0 aliphatic rings. The first-order valence-electron chi connectivity index (χ1n) is 7.51. The molecule has 2 aromatic rings. The van der Waals surface area contributed by atoms with E-state index in [9.17, 15) is 9.59 Å². The van der Waals surface area contributed by atoms with Crippen molar-refractivity contribution >= 4 is 44.2 Å². The van der Waals surface area contributed by atoms with Crippen LogP contribution in [0.1, 0.15) is 0 Å². The molecule has 136 valence electrons. The van der Waals surface area contributed by atoms with Crippen molar-refractivity contribution in [3.63, 3.8) is 0 Å². The molecule has 1 atom stereocenters. The molecule has 25 heavy (non-hydrogen) atoms. The predicted octanol–water partition coefficient (Wildman–Crippen LogP) is -0.797. The van der Waals surface area contributed by atoms with Gasteiger partial charge in [0.2, 0.25) is 11.9 Å². The molecule has 0 spiro atoms. The minimum atomic E-state index is -1.06. The van der Waals surface area contributed by atoms with Crippen LogP contribution in [0.2, 0.25) is 0 Å². The number of carbonyl (C=O) groups is 2. The van der Waals surface area contributed by atoms with Gasteiger partial charge in [0.15, 0.2) is 17.0 Å². The van der Waals surface area contributed by atoms with E-state index in [4.69, 9.17) is 5.11 Å². The number of aromatic nitrogens is 4. The van der Waals surface area contributed by atoms with Gasteiger partial charge in [0, 0.05) is 20.1 Å². The zero-order valence-electron chi connectivity index (χ0n) is 14.0. The predicted molar refractivity (Wildman–Crippen MR) is 96.3 cm³/mol. The zero-order chi connectivity index (χ0) is 18.4. The summed E-state index contributed by atoms with van der Waals surface area (Å²) < 4.78 is 1.57. The monoisotopic (exact) mass is 368 g/mol. The minimum Gasteiger partial charge on any atom is -0.480 e. The highest BCUT2D eigenvalue weighted by Crippen LogP contribution is 2.21. The number of hydrogen-bond acceptors (Lipinski definition) is 8. The number of fused-ring (bicyclic) bond motifs is 1. The van der Waals surface area contributed by atoms with Gasteiger partial charge in [-0.3, -0.25) is 9.59 Å². The maximum Gasteiger partial charge on any atom is 0.323 e. The van der Waals surface area contributed by atoms with E-state index >= 15 is 0 Å². The summed E-state index contributed by atoms with van der Waals surface area (Å²) in [5.41, 5.74) is 0.989. The first-order valence-corrected chi connectivity index (χ1v) is 8.09. The summed E-state index contributed by atoms with van der Waals surface area (Å²) >= 11 is 0. The molecule has 0 fully saturated rings. The third-order valence-corrected chi connectivity index (χ3v) is 3.71. The smallest absolute Gasteiger partial charge is 0.323 e. The van der Waals surface area contributed by atoms with Gasteiger partial charge in [-0.15, -0.1) is 0 Å². The number of carboxylic acid groups (broad SMARTS) is 1. The number of amides is 1. The summed E-state index contributed by atoms with van der Waals surface area (Å²) in [4.78, 5) is 37.6. The fourth-order valence-electron chi connectivity index (χ4n) is 2.22. The third kappa shape index (κ3) is 4.52. The van der Waals surface area contributed by atoms with Crippen LogP contribution >= 0.6 is 9.39 Å².